The minimum Gasteiger partial charge on any atom is -0.497 e. The van der Waals surface area contributed by atoms with Gasteiger partial charge in [0.05, 0.1) is 14.2 Å². The minimum atomic E-state index is 0.853. The summed E-state index contributed by atoms with van der Waals surface area (Å²) >= 11 is 0. The van der Waals surface area contributed by atoms with E-state index in [1.165, 1.54) is 16.7 Å². The monoisotopic (exact) mass is 390 g/mol. The van der Waals surface area contributed by atoms with Gasteiger partial charge in [-0.1, -0.05) is 54.6 Å². The van der Waals surface area contributed by atoms with Crippen molar-refractivity contribution in [2.75, 3.05) is 27.3 Å². The lowest BCUT2D eigenvalue weighted by Crippen LogP contribution is -2.31. The van der Waals surface area contributed by atoms with Crippen LogP contribution < -0.4 is 14.8 Å². The number of methoxy groups -OCH3 is 2. The maximum absolute atomic E-state index is 5.27. The Hall–Kier alpha value is -2.82. The number of nitrogens with zero attached hydrogens (tertiary/aromatic N) is 1. The lowest BCUT2D eigenvalue weighted by molar-refractivity contribution is 0.256. The van der Waals surface area contributed by atoms with Crippen LogP contribution in [0.3, 0.4) is 0 Å². The average Bonchev–Trinajstić information content (AvgIpc) is 2.78. The molecule has 3 aromatic rings. The highest BCUT2D eigenvalue weighted by atomic mass is 16.5. The molecule has 0 aliphatic rings. The van der Waals surface area contributed by atoms with E-state index in [1.54, 1.807) is 14.2 Å². The highest BCUT2D eigenvalue weighted by molar-refractivity contribution is 5.28. The van der Waals surface area contributed by atoms with Crippen LogP contribution in [0.5, 0.6) is 11.5 Å². The van der Waals surface area contributed by atoms with Crippen molar-refractivity contribution in [3.05, 3.63) is 95.6 Å². The molecule has 0 unspecified atom stereocenters. The van der Waals surface area contributed by atoms with E-state index >= 15 is 0 Å². The molecule has 0 saturated heterocycles. The van der Waals surface area contributed by atoms with E-state index in [4.69, 9.17) is 9.47 Å². The molecule has 29 heavy (non-hydrogen) atoms. The lowest BCUT2D eigenvalue weighted by Gasteiger charge is -2.23. The fourth-order valence-electron chi connectivity index (χ4n) is 3.26. The lowest BCUT2D eigenvalue weighted by atomic mass is 10.1. The van der Waals surface area contributed by atoms with Gasteiger partial charge < -0.3 is 14.8 Å². The Morgan fingerprint density at radius 2 is 1.17 bits per heavy atom. The molecule has 0 radical (unpaired) electrons. The smallest absolute Gasteiger partial charge is 0.118 e. The molecule has 0 aliphatic heterocycles. The quantitative estimate of drug-likeness (QED) is 0.489. The highest BCUT2D eigenvalue weighted by Gasteiger charge is 2.08. The number of nitrogens with one attached hydrogen (secondary N) is 1. The fraction of sp³-hybridized carbons (Fsp3) is 0.280. The van der Waals surface area contributed by atoms with Crippen molar-refractivity contribution < 1.29 is 9.47 Å². The second kappa shape index (κ2) is 11.2. The summed E-state index contributed by atoms with van der Waals surface area (Å²) in [6.45, 7) is 4.58. The van der Waals surface area contributed by atoms with Crippen molar-refractivity contribution in [3.63, 3.8) is 0 Å². The Balaban J connectivity index is 1.54. The van der Waals surface area contributed by atoms with Crippen LogP contribution in [0.2, 0.25) is 0 Å². The van der Waals surface area contributed by atoms with Crippen molar-refractivity contribution in [2.45, 2.75) is 19.6 Å². The molecule has 0 atom stereocenters. The second-order valence-electron chi connectivity index (χ2n) is 7.07. The Morgan fingerprint density at radius 3 is 1.72 bits per heavy atom. The van der Waals surface area contributed by atoms with E-state index in [2.05, 4.69) is 64.8 Å². The van der Waals surface area contributed by atoms with Gasteiger partial charge >= 0.3 is 0 Å². The average molecular weight is 391 g/mol. The summed E-state index contributed by atoms with van der Waals surface area (Å²) in [5.41, 5.74) is 3.88. The van der Waals surface area contributed by atoms with E-state index in [0.717, 1.165) is 44.2 Å². The summed E-state index contributed by atoms with van der Waals surface area (Å²) in [7, 11) is 3.39. The molecule has 1 N–H and O–H groups in total. The zero-order valence-electron chi connectivity index (χ0n) is 17.3. The van der Waals surface area contributed by atoms with Gasteiger partial charge in [0.2, 0.25) is 0 Å². The van der Waals surface area contributed by atoms with Gasteiger partial charge in [-0.05, 0) is 41.0 Å². The molecule has 0 fully saturated rings. The normalized spacial score (nSPS) is 10.9. The third-order valence-corrected chi connectivity index (χ3v) is 4.91. The third-order valence-electron chi connectivity index (χ3n) is 4.91. The van der Waals surface area contributed by atoms with Gasteiger partial charge in [0.1, 0.15) is 11.5 Å². The fourth-order valence-corrected chi connectivity index (χ4v) is 3.26. The molecule has 0 amide bonds. The molecular formula is C25H30N2O2. The largest absolute Gasteiger partial charge is 0.497 e. The van der Waals surface area contributed by atoms with Crippen LogP contribution >= 0.6 is 0 Å². The van der Waals surface area contributed by atoms with Crippen molar-refractivity contribution in [3.8, 4) is 11.5 Å². The topological polar surface area (TPSA) is 33.7 Å². The van der Waals surface area contributed by atoms with Gasteiger partial charge in [0.25, 0.3) is 0 Å². The first-order chi connectivity index (χ1) is 14.3. The molecule has 0 aromatic heterocycles. The molecular weight excluding hydrogens is 360 g/mol. The molecule has 0 spiro atoms. The Morgan fingerprint density at radius 1 is 0.655 bits per heavy atom. The maximum Gasteiger partial charge on any atom is 0.118 e. The van der Waals surface area contributed by atoms with Gasteiger partial charge in [-0.2, -0.15) is 0 Å². The number of rotatable bonds is 11. The van der Waals surface area contributed by atoms with Crippen LogP contribution in [-0.4, -0.2) is 32.2 Å². The molecule has 0 bridgehead atoms. The summed E-state index contributed by atoms with van der Waals surface area (Å²) in [6.07, 6.45) is 0. The van der Waals surface area contributed by atoms with Crippen LogP contribution in [0.15, 0.2) is 78.9 Å². The van der Waals surface area contributed by atoms with E-state index in [9.17, 15) is 0 Å². The maximum atomic E-state index is 5.27. The van der Waals surface area contributed by atoms with Crippen LogP contribution in [0, 0.1) is 0 Å². The molecule has 0 aliphatic carbocycles. The van der Waals surface area contributed by atoms with Crippen LogP contribution in [-0.2, 0) is 19.6 Å². The summed E-state index contributed by atoms with van der Waals surface area (Å²) in [4.78, 5) is 2.47. The summed E-state index contributed by atoms with van der Waals surface area (Å²) in [5, 5.41) is 3.56. The highest BCUT2D eigenvalue weighted by Crippen LogP contribution is 2.15. The van der Waals surface area contributed by atoms with Gasteiger partial charge in [0, 0.05) is 32.7 Å². The van der Waals surface area contributed by atoms with Crippen molar-refractivity contribution in [1.29, 1.82) is 0 Å². The Kier molecular flexibility index (Phi) is 8.11. The summed E-state index contributed by atoms with van der Waals surface area (Å²) in [6, 6.07) is 27.2. The second-order valence-corrected chi connectivity index (χ2v) is 7.07. The molecule has 0 saturated carbocycles. The first-order valence-electron chi connectivity index (χ1n) is 9.99. The SMILES string of the molecule is COc1ccc(CNCCN(Cc2ccccc2)Cc2ccc(OC)cc2)cc1. The van der Waals surface area contributed by atoms with Crippen LogP contribution in [0.4, 0.5) is 0 Å². The number of ether oxygens (including phenoxy) is 2. The molecule has 152 valence electrons. The summed E-state index contributed by atoms with van der Waals surface area (Å²) < 4.78 is 10.5. The molecule has 0 heterocycles. The third kappa shape index (κ3) is 6.93. The number of hydrogen-bond acceptors (Lipinski definition) is 4. The minimum absolute atomic E-state index is 0.853. The molecule has 3 rings (SSSR count). The summed E-state index contributed by atoms with van der Waals surface area (Å²) in [5.74, 6) is 1.78. The predicted molar refractivity (Wildman–Crippen MR) is 118 cm³/mol. The van der Waals surface area contributed by atoms with Crippen LogP contribution in [0.25, 0.3) is 0 Å². The predicted octanol–water partition coefficient (Wildman–Crippen LogP) is 4.50. The van der Waals surface area contributed by atoms with E-state index in [0.29, 0.717) is 0 Å². The standard InChI is InChI=1S/C25H30N2O2/c1-28-24-12-8-21(9-13-24)18-26-16-17-27(19-22-6-4-3-5-7-22)20-23-10-14-25(29-2)15-11-23/h3-15,26H,16-20H2,1-2H3. The van der Waals surface area contributed by atoms with Crippen molar-refractivity contribution in [2.24, 2.45) is 0 Å². The molecule has 4 heteroatoms. The van der Waals surface area contributed by atoms with E-state index in [-0.39, 0.29) is 0 Å². The Labute approximate surface area is 174 Å². The zero-order chi connectivity index (χ0) is 20.3. The molecule has 3 aromatic carbocycles. The zero-order valence-corrected chi connectivity index (χ0v) is 17.3. The Bertz CT molecular complexity index is 833. The van der Waals surface area contributed by atoms with Gasteiger partial charge in [-0.15, -0.1) is 0 Å². The van der Waals surface area contributed by atoms with Crippen molar-refractivity contribution >= 4 is 0 Å². The van der Waals surface area contributed by atoms with Gasteiger partial charge in [-0.3, -0.25) is 4.90 Å². The van der Waals surface area contributed by atoms with Gasteiger partial charge in [0.15, 0.2) is 0 Å². The first kappa shape index (κ1) is 20.9. The van der Waals surface area contributed by atoms with Crippen LogP contribution in [0.1, 0.15) is 16.7 Å². The number of hydrogen-bond donors (Lipinski definition) is 1. The van der Waals surface area contributed by atoms with Gasteiger partial charge in [-0.25, -0.2) is 0 Å². The number of benzene rings is 3. The first-order valence-corrected chi connectivity index (χ1v) is 9.99. The van der Waals surface area contributed by atoms with E-state index < -0.39 is 0 Å². The molecule has 4 nitrogen and oxygen atoms in total. The van der Waals surface area contributed by atoms with Crippen molar-refractivity contribution in [1.82, 2.24) is 10.2 Å². The van der Waals surface area contributed by atoms with E-state index in [1.807, 2.05) is 24.3 Å².